The number of fused-ring (bicyclic) bond motifs is 3. The van der Waals surface area contributed by atoms with Crippen molar-refractivity contribution in [2.45, 2.75) is 23.4 Å². The number of aliphatic hydroxyl groups is 1. The number of benzene rings is 3. The number of likely N-dealkylation sites (N-methyl/N-ethyl adjacent to an activating group) is 1. The fraction of sp³-hybridized carbons (Fsp3) is 0.333. The minimum atomic E-state index is -3.84. The van der Waals surface area contributed by atoms with Crippen LogP contribution in [0.15, 0.2) is 71.6 Å². The molecular weight excluding hydrogens is 464 g/mol. The van der Waals surface area contributed by atoms with E-state index in [9.17, 15) is 13.5 Å². The quantitative estimate of drug-likeness (QED) is 0.559. The van der Waals surface area contributed by atoms with Gasteiger partial charge in [-0.05, 0) is 59.5 Å². The van der Waals surface area contributed by atoms with Crippen molar-refractivity contribution in [1.82, 2.24) is 4.31 Å². The summed E-state index contributed by atoms with van der Waals surface area (Å²) in [5, 5.41) is 10.3. The molecule has 0 bridgehead atoms. The molecule has 5 rings (SSSR count). The van der Waals surface area contributed by atoms with Gasteiger partial charge in [-0.15, -0.1) is 0 Å². The van der Waals surface area contributed by atoms with E-state index in [1.807, 2.05) is 43.4 Å². The van der Waals surface area contributed by atoms with Gasteiger partial charge in [0, 0.05) is 25.2 Å². The molecule has 1 saturated heterocycles. The fourth-order valence-electron chi connectivity index (χ4n) is 5.62. The molecule has 3 aromatic carbocycles. The summed E-state index contributed by atoms with van der Waals surface area (Å²) in [6, 6.07) is 20.1. The van der Waals surface area contributed by atoms with Crippen LogP contribution >= 0.6 is 0 Å². The lowest BCUT2D eigenvalue weighted by Crippen LogP contribution is -2.48. The predicted octanol–water partition coefficient (Wildman–Crippen LogP) is 3.93. The Bertz CT molecular complexity index is 1340. The molecule has 2 heterocycles. The van der Waals surface area contributed by atoms with Crippen molar-refractivity contribution in [3.8, 4) is 22.6 Å². The van der Waals surface area contributed by atoms with Crippen LogP contribution < -0.4 is 14.4 Å². The van der Waals surface area contributed by atoms with Gasteiger partial charge in [0.2, 0.25) is 10.0 Å². The Morgan fingerprint density at radius 1 is 0.971 bits per heavy atom. The van der Waals surface area contributed by atoms with Crippen LogP contribution in [0.25, 0.3) is 11.1 Å². The fourth-order valence-corrected chi connectivity index (χ4v) is 7.45. The third-order valence-electron chi connectivity index (χ3n) is 7.36. The highest BCUT2D eigenvalue weighted by molar-refractivity contribution is 7.89. The zero-order valence-electron chi connectivity index (χ0n) is 20.1. The maximum Gasteiger partial charge on any atom is 0.247 e. The van der Waals surface area contributed by atoms with E-state index in [4.69, 9.17) is 9.47 Å². The second-order valence-electron chi connectivity index (χ2n) is 9.03. The monoisotopic (exact) mass is 494 g/mol. The standard InChI is InChI=1S/C27H30N2O5S/c1-28-23-12-11-19(18-7-6-8-20(15-18)33-2)16-22(23)27-21(24(28)17-30)13-14-29(27)35(31,32)26-10-5-4-9-25(26)34-3/h4-12,15-16,21,24,27,30H,13-14,17H2,1-3H3/t21-,24-,27-/m0/s1. The van der Waals surface area contributed by atoms with Crippen molar-refractivity contribution >= 4 is 15.7 Å². The highest BCUT2D eigenvalue weighted by Gasteiger charge is 2.50. The molecule has 7 nitrogen and oxygen atoms in total. The number of rotatable bonds is 6. The van der Waals surface area contributed by atoms with Gasteiger partial charge in [0.15, 0.2) is 0 Å². The van der Waals surface area contributed by atoms with Gasteiger partial charge in [0.1, 0.15) is 16.4 Å². The maximum atomic E-state index is 13.9. The molecule has 3 aromatic rings. The third-order valence-corrected chi connectivity index (χ3v) is 9.28. The molecule has 3 atom stereocenters. The first kappa shape index (κ1) is 23.7. The van der Waals surface area contributed by atoms with E-state index in [1.54, 1.807) is 35.7 Å². The zero-order valence-corrected chi connectivity index (χ0v) is 20.9. The van der Waals surface area contributed by atoms with Crippen molar-refractivity contribution in [1.29, 1.82) is 0 Å². The Balaban J connectivity index is 1.65. The first-order valence-electron chi connectivity index (χ1n) is 11.7. The van der Waals surface area contributed by atoms with Crippen LogP contribution in [0, 0.1) is 5.92 Å². The number of para-hydroxylation sites is 1. The zero-order chi connectivity index (χ0) is 24.7. The van der Waals surface area contributed by atoms with Crippen LogP contribution in [0.2, 0.25) is 0 Å². The number of nitrogens with zero attached hydrogens (tertiary/aromatic N) is 2. The Hall–Kier alpha value is -3.07. The number of aliphatic hydroxyl groups excluding tert-OH is 1. The first-order valence-corrected chi connectivity index (χ1v) is 13.1. The highest BCUT2D eigenvalue weighted by atomic mass is 32.2. The molecule has 8 heteroatoms. The molecule has 1 N–H and O–H groups in total. The summed E-state index contributed by atoms with van der Waals surface area (Å²) in [6.07, 6.45) is 0.664. The number of ether oxygens (including phenoxy) is 2. The Morgan fingerprint density at radius 2 is 1.74 bits per heavy atom. The van der Waals surface area contributed by atoms with Crippen LogP contribution in [0.3, 0.4) is 0 Å². The number of anilines is 1. The first-order chi connectivity index (χ1) is 16.9. The van der Waals surface area contributed by atoms with Gasteiger partial charge < -0.3 is 19.5 Å². The molecule has 1 fully saturated rings. The average Bonchev–Trinajstić information content (AvgIpc) is 3.35. The normalized spacial score (nSPS) is 21.9. The van der Waals surface area contributed by atoms with Crippen LogP contribution in [-0.2, 0) is 10.0 Å². The summed E-state index contributed by atoms with van der Waals surface area (Å²) >= 11 is 0. The predicted molar refractivity (Wildman–Crippen MR) is 135 cm³/mol. The number of hydrogen-bond acceptors (Lipinski definition) is 6. The molecular formula is C27H30N2O5S. The Morgan fingerprint density at radius 3 is 2.49 bits per heavy atom. The summed E-state index contributed by atoms with van der Waals surface area (Å²) in [7, 11) is 1.25. The van der Waals surface area contributed by atoms with E-state index in [0.29, 0.717) is 18.7 Å². The largest absolute Gasteiger partial charge is 0.497 e. The molecule has 0 spiro atoms. The SMILES string of the molecule is COc1cccc(-c2ccc3c(c2)[C@@H]2[C@@H](CCN2S(=O)(=O)c2ccccc2OC)[C@H](CO)N3C)c1. The molecule has 2 aliphatic heterocycles. The molecule has 0 aromatic heterocycles. The number of methoxy groups -OCH3 is 2. The van der Waals surface area contributed by atoms with Crippen molar-refractivity contribution in [3.63, 3.8) is 0 Å². The molecule has 184 valence electrons. The molecule has 0 amide bonds. The number of sulfonamides is 1. The van der Waals surface area contributed by atoms with Crippen molar-refractivity contribution in [2.75, 3.05) is 39.3 Å². The summed E-state index contributed by atoms with van der Waals surface area (Å²) < 4.78 is 40.3. The molecule has 0 aliphatic carbocycles. The minimum Gasteiger partial charge on any atom is -0.497 e. The van der Waals surface area contributed by atoms with Gasteiger partial charge in [-0.1, -0.05) is 30.3 Å². The van der Waals surface area contributed by atoms with Gasteiger partial charge in [0.05, 0.1) is 32.9 Å². The van der Waals surface area contributed by atoms with Gasteiger partial charge >= 0.3 is 0 Å². The third kappa shape index (κ3) is 3.86. The van der Waals surface area contributed by atoms with Gasteiger partial charge in [-0.3, -0.25) is 0 Å². The van der Waals surface area contributed by atoms with Crippen LogP contribution in [0.5, 0.6) is 11.5 Å². The van der Waals surface area contributed by atoms with E-state index in [2.05, 4.69) is 11.0 Å². The topological polar surface area (TPSA) is 79.3 Å². The molecule has 0 saturated carbocycles. The van der Waals surface area contributed by atoms with Crippen molar-refractivity contribution < 1.29 is 23.0 Å². The smallest absolute Gasteiger partial charge is 0.247 e. The summed E-state index contributed by atoms with van der Waals surface area (Å²) in [4.78, 5) is 2.25. The summed E-state index contributed by atoms with van der Waals surface area (Å²) in [5.74, 6) is 1.05. The van der Waals surface area contributed by atoms with Crippen molar-refractivity contribution in [3.05, 3.63) is 72.3 Å². The summed E-state index contributed by atoms with van der Waals surface area (Å²) in [6.45, 7) is 0.334. The van der Waals surface area contributed by atoms with Crippen molar-refractivity contribution in [2.24, 2.45) is 5.92 Å². The summed E-state index contributed by atoms with van der Waals surface area (Å²) in [5.41, 5.74) is 3.85. The van der Waals surface area contributed by atoms with E-state index in [0.717, 1.165) is 28.1 Å². The molecule has 0 unspecified atom stereocenters. The second kappa shape index (κ2) is 9.18. The lowest BCUT2D eigenvalue weighted by Gasteiger charge is -2.44. The van der Waals surface area contributed by atoms with E-state index < -0.39 is 10.0 Å². The molecule has 2 aliphatic rings. The molecule has 35 heavy (non-hydrogen) atoms. The maximum absolute atomic E-state index is 13.9. The van der Waals surface area contributed by atoms with Gasteiger partial charge in [0.25, 0.3) is 0 Å². The van der Waals surface area contributed by atoms with Crippen LogP contribution in [0.1, 0.15) is 18.0 Å². The minimum absolute atomic E-state index is 0.0393. The van der Waals surface area contributed by atoms with Gasteiger partial charge in [-0.2, -0.15) is 4.31 Å². The van der Waals surface area contributed by atoms with Crippen LogP contribution in [-0.4, -0.2) is 58.3 Å². The number of hydrogen-bond donors (Lipinski definition) is 1. The van der Waals surface area contributed by atoms with Crippen LogP contribution in [0.4, 0.5) is 5.69 Å². The Labute approximate surface area is 206 Å². The van der Waals surface area contributed by atoms with E-state index >= 15 is 0 Å². The lowest BCUT2D eigenvalue weighted by molar-refractivity contribution is 0.193. The lowest BCUT2D eigenvalue weighted by atomic mass is 9.81. The molecule has 0 radical (unpaired) electrons. The van der Waals surface area contributed by atoms with E-state index in [1.165, 1.54) is 7.11 Å². The van der Waals surface area contributed by atoms with E-state index in [-0.39, 0.29) is 29.5 Å². The second-order valence-corrected chi connectivity index (χ2v) is 10.9. The highest BCUT2D eigenvalue weighted by Crippen LogP contribution is 2.51. The van der Waals surface area contributed by atoms with Gasteiger partial charge in [-0.25, -0.2) is 8.42 Å². The average molecular weight is 495 g/mol. The Kier molecular flexibility index (Phi) is 6.21.